The van der Waals surface area contributed by atoms with Gasteiger partial charge >= 0.3 is 0 Å². The molecule has 1 aliphatic heterocycles. The molecule has 15 heavy (non-hydrogen) atoms. The van der Waals surface area contributed by atoms with Crippen molar-refractivity contribution in [2.45, 2.75) is 25.0 Å². The monoisotopic (exact) mass is 206 g/mol. The number of rotatable bonds is 4. The van der Waals surface area contributed by atoms with E-state index in [-0.39, 0.29) is 11.6 Å². The Morgan fingerprint density at radius 1 is 1.40 bits per heavy atom. The smallest absolute Gasteiger partial charge is 0.0806 e. The minimum Gasteiger partial charge on any atom is -0.377 e. The molecule has 0 bridgehead atoms. The molecule has 1 atom stereocenters. The molecule has 1 aromatic rings. The molecule has 2 rings (SSSR count). The first-order chi connectivity index (χ1) is 7.23. The van der Waals surface area contributed by atoms with Crippen LogP contribution in [-0.2, 0) is 11.3 Å². The highest BCUT2D eigenvalue weighted by Gasteiger charge is 2.41. The molecule has 3 nitrogen and oxygen atoms in total. The van der Waals surface area contributed by atoms with Crippen molar-refractivity contribution < 1.29 is 4.74 Å². The van der Waals surface area contributed by atoms with E-state index in [0.29, 0.717) is 0 Å². The number of hydrogen-bond donors (Lipinski definition) is 2. The zero-order valence-electron chi connectivity index (χ0n) is 9.07. The molecule has 82 valence electrons. The Kier molecular flexibility index (Phi) is 3.05. The molecule has 1 fully saturated rings. The number of nitrogens with two attached hydrogens (primary N) is 1. The second-order valence-corrected chi connectivity index (χ2v) is 4.28. The van der Waals surface area contributed by atoms with Crippen molar-refractivity contribution in [3.05, 3.63) is 35.9 Å². The second-order valence-electron chi connectivity index (χ2n) is 4.28. The highest BCUT2D eigenvalue weighted by Crippen LogP contribution is 2.20. The number of ether oxygens (including phenoxy) is 1. The van der Waals surface area contributed by atoms with Gasteiger partial charge in [-0.05, 0) is 12.5 Å². The molecule has 0 spiro atoms. The van der Waals surface area contributed by atoms with Crippen LogP contribution in [0.5, 0.6) is 0 Å². The Balaban J connectivity index is 1.92. The second kappa shape index (κ2) is 4.31. The van der Waals surface area contributed by atoms with Gasteiger partial charge in [0.2, 0.25) is 0 Å². The molecule has 0 saturated carbocycles. The largest absolute Gasteiger partial charge is 0.377 e. The van der Waals surface area contributed by atoms with Crippen LogP contribution in [0.1, 0.15) is 12.5 Å². The Morgan fingerprint density at radius 3 is 2.53 bits per heavy atom. The fourth-order valence-electron chi connectivity index (χ4n) is 1.72. The molecule has 0 amide bonds. The summed E-state index contributed by atoms with van der Waals surface area (Å²) in [5.41, 5.74) is 7.22. The van der Waals surface area contributed by atoms with Crippen molar-refractivity contribution in [1.82, 2.24) is 5.32 Å². The summed E-state index contributed by atoms with van der Waals surface area (Å²) in [4.78, 5) is 0. The molecule has 3 heteroatoms. The van der Waals surface area contributed by atoms with Gasteiger partial charge in [-0.1, -0.05) is 30.3 Å². The zero-order valence-corrected chi connectivity index (χ0v) is 9.07. The lowest BCUT2D eigenvalue weighted by atomic mass is 9.89. The van der Waals surface area contributed by atoms with Gasteiger partial charge in [0.1, 0.15) is 0 Å². The van der Waals surface area contributed by atoms with Gasteiger partial charge in [0.25, 0.3) is 0 Å². The molecule has 1 unspecified atom stereocenters. The summed E-state index contributed by atoms with van der Waals surface area (Å²) < 4.78 is 5.25. The maximum atomic E-state index is 5.95. The third kappa shape index (κ3) is 2.20. The molecule has 1 aromatic carbocycles. The zero-order chi connectivity index (χ0) is 10.7. The first-order valence-corrected chi connectivity index (χ1v) is 5.35. The van der Waals surface area contributed by atoms with E-state index in [2.05, 4.69) is 17.4 Å². The first kappa shape index (κ1) is 10.6. The molecule has 0 aliphatic carbocycles. The maximum absolute atomic E-state index is 5.95. The Bertz CT molecular complexity index is 307. The molecule has 1 heterocycles. The van der Waals surface area contributed by atoms with E-state index in [9.17, 15) is 0 Å². The number of benzene rings is 1. The van der Waals surface area contributed by atoms with E-state index < -0.39 is 0 Å². The van der Waals surface area contributed by atoms with Crippen molar-refractivity contribution >= 4 is 0 Å². The SMILES string of the molecule is CC(N)C1(NCc2ccccc2)COC1. The minimum atomic E-state index is -0.0180. The van der Waals surface area contributed by atoms with Crippen molar-refractivity contribution in [2.75, 3.05) is 13.2 Å². The molecule has 0 aromatic heterocycles. The Labute approximate surface area is 90.6 Å². The summed E-state index contributed by atoms with van der Waals surface area (Å²) in [6.07, 6.45) is 0. The summed E-state index contributed by atoms with van der Waals surface area (Å²) in [7, 11) is 0. The lowest BCUT2D eigenvalue weighted by molar-refractivity contribution is -0.0850. The fraction of sp³-hybridized carbons (Fsp3) is 0.500. The lowest BCUT2D eigenvalue weighted by Gasteiger charge is -2.45. The average Bonchev–Trinajstić information content (AvgIpc) is 2.17. The summed E-state index contributed by atoms with van der Waals surface area (Å²) in [6, 6.07) is 10.5. The van der Waals surface area contributed by atoms with E-state index in [4.69, 9.17) is 10.5 Å². The van der Waals surface area contributed by atoms with Crippen LogP contribution in [0.25, 0.3) is 0 Å². The minimum absolute atomic E-state index is 0.0180. The van der Waals surface area contributed by atoms with Crippen LogP contribution < -0.4 is 11.1 Å². The van der Waals surface area contributed by atoms with Gasteiger partial charge < -0.3 is 15.8 Å². The van der Waals surface area contributed by atoms with Crippen molar-refractivity contribution in [3.8, 4) is 0 Å². The van der Waals surface area contributed by atoms with E-state index >= 15 is 0 Å². The van der Waals surface area contributed by atoms with Crippen LogP contribution in [-0.4, -0.2) is 24.8 Å². The average molecular weight is 206 g/mol. The third-order valence-electron chi connectivity index (χ3n) is 3.08. The first-order valence-electron chi connectivity index (χ1n) is 5.35. The standard InChI is InChI=1S/C12H18N2O/c1-10(13)12(8-15-9-12)14-7-11-5-3-2-4-6-11/h2-6,10,14H,7-9,13H2,1H3. The van der Waals surface area contributed by atoms with Crippen LogP contribution >= 0.6 is 0 Å². The van der Waals surface area contributed by atoms with Gasteiger partial charge in [-0.2, -0.15) is 0 Å². The summed E-state index contributed by atoms with van der Waals surface area (Å²) >= 11 is 0. The summed E-state index contributed by atoms with van der Waals surface area (Å²) in [6.45, 7) is 4.32. The quantitative estimate of drug-likeness (QED) is 0.769. The van der Waals surface area contributed by atoms with Gasteiger partial charge in [-0.15, -0.1) is 0 Å². The Morgan fingerprint density at radius 2 is 2.07 bits per heavy atom. The van der Waals surface area contributed by atoms with Crippen LogP contribution in [0.3, 0.4) is 0 Å². The topological polar surface area (TPSA) is 47.3 Å². The molecular weight excluding hydrogens is 188 g/mol. The lowest BCUT2D eigenvalue weighted by Crippen LogP contribution is -2.68. The summed E-state index contributed by atoms with van der Waals surface area (Å²) in [5, 5.41) is 3.50. The third-order valence-corrected chi connectivity index (χ3v) is 3.08. The van der Waals surface area contributed by atoms with Gasteiger partial charge in [0.15, 0.2) is 0 Å². The predicted octanol–water partition coefficient (Wildman–Crippen LogP) is 0.892. The van der Waals surface area contributed by atoms with E-state index in [1.165, 1.54) is 5.56 Å². The van der Waals surface area contributed by atoms with E-state index in [1.54, 1.807) is 0 Å². The van der Waals surface area contributed by atoms with E-state index in [1.807, 2.05) is 25.1 Å². The van der Waals surface area contributed by atoms with Crippen molar-refractivity contribution in [3.63, 3.8) is 0 Å². The highest BCUT2D eigenvalue weighted by molar-refractivity contribution is 5.15. The number of nitrogens with one attached hydrogen (secondary N) is 1. The van der Waals surface area contributed by atoms with Gasteiger partial charge in [0, 0.05) is 12.6 Å². The van der Waals surface area contributed by atoms with Gasteiger partial charge in [-0.3, -0.25) is 0 Å². The van der Waals surface area contributed by atoms with Crippen LogP contribution in [0.2, 0.25) is 0 Å². The highest BCUT2D eigenvalue weighted by atomic mass is 16.5. The predicted molar refractivity (Wildman–Crippen MR) is 60.5 cm³/mol. The van der Waals surface area contributed by atoms with E-state index in [0.717, 1.165) is 19.8 Å². The molecule has 1 aliphatic rings. The van der Waals surface area contributed by atoms with Crippen molar-refractivity contribution in [2.24, 2.45) is 5.73 Å². The maximum Gasteiger partial charge on any atom is 0.0806 e. The van der Waals surface area contributed by atoms with Crippen LogP contribution in [0.15, 0.2) is 30.3 Å². The molecule has 1 saturated heterocycles. The van der Waals surface area contributed by atoms with Crippen molar-refractivity contribution in [1.29, 1.82) is 0 Å². The van der Waals surface area contributed by atoms with Gasteiger partial charge in [-0.25, -0.2) is 0 Å². The fourth-order valence-corrected chi connectivity index (χ4v) is 1.72. The molecule has 0 radical (unpaired) electrons. The van der Waals surface area contributed by atoms with Gasteiger partial charge in [0.05, 0.1) is 18.8 Å². The normalized spacial score (nSPS) is 20.7. The molecular formula is C12H18N2O. The molecule has 3 N–H and O–H groups in total. The number of hydrogen-bond acceptors (Lipinski definition) is 3. The van der Waals surface area contributed by atoms with Crippen LogP contribution in [0, 0.1) is 0 Å². The van der Waals surface area contributed by atoms with Crippen LogP contribution in [0.4, 0.5) is 0 Å². The summed E-state index contributed by atoms with van der Waals surface area (Å²) in [5.74, 6) is 0. The Hall–Kier alpha value is -0.900.